The van der Waals surface area contributed by atoms with E-state index in [1.54, 1.807) is 54.9 Å². The maximum absolute atomic E-state index is 13.3. The fourth-order valence-electron chi connectivity index (χ4n) is 2.91. The smallest absolute Gasteiger partial charge is 0.339 e. The molecule has 2 aromatic carbocycles. The molecule has 0 bridgehead atoms. The van der Waals surface area contributed by atoms with Crippen LogP contribution in [0.4, 0.5) is 10.1 Å². The number of hydrogen-bond acceptors (Lipinski definition) is 4. The molecule has 0 radical (unpaired) electrons. The summed E-state index contributed by atoms with van der Waals surface area (Å²) in [6, 6.07) is 16.1. The van der Waals surface area contributed by atoms with Crippen LogP contribution in [0, 0.1) is 5.82 Å². The zero-order chi connectivity index (χ0) is 19.9. The van der Waals surface area contributed by atoms with Crippen molar-refractivity contribution < 1.29 is 18.7 Å². The molecule has 1 aromatic heterocycles. The van der Waals surface area contributed by atoms with E-state index in [1.807, 2.05) is 6.07 Å². The minimum atomic E-state index is -0.587. The van der Waals surface area contributed by atoms with Crippen LogP contribution in [0.2, 0.25) is 0 Å². The van der Waals surface area contributed by atoms with E-state index >= 15 is 0 Å². The number of benzene rings is 2. The third-order valence-corrected chi connectivity index (χ3v) is 4.34. The third kappa shape index (κ3) is 4.59. The number of nitrogens with one attached hydrogen (secondary N) is 1. The van der Waals surface area contributed by atoms with Crippen molar-refractivity contribution in [1.29, 1.82) is 0 Å². The molecule has 0 saturated heterocycles. The van der Waals surface area contributed by atoms with Gasteiger partial charge in [0.05, 0.1) is 24.3 Å². The third-order valence-electron chi connectivity index (χ3n) is 4.34. The first-order chi connectivity index (χ1) is 13.6. The van der Waals surface area contributed by atoms with Gasteiger partial charge < -0.3 is 10.1 Å². The summed E-state index contributed by atoms with van der Waals surface area (Å²) in [7, 11) is 1.28. The van der Waals surface area contributed by atoms with Gasteiger partial charge in [-0.3, -0.25) is 9.78 Å². The minimum Gasteiger partial charge on any atom is -0.465 e. The van der Waals surface area contributed by atoms with Gasteiger partial charge in [0.1, 0.15) is 5.82 Å². The quantitative estimate of drug-likeness (QED) is 0.659. The molecule has 1 unspecified atom stereocenters. The Labute approximate surface area is 162 Å². The number of para-hydroxylation sites is 1. The second-order valence-corrected chi connectivity index (χ2v) is 6.20. The van der Waals surface area contributed by atoms with Gasteiger partial charge in [-0.1, -0.05) is 30.3 Å². The molecule has 0 fully saturated rings. The number of aromatic nitrogens is 1. The second-order valence-electron chi connectivity index (χ2n) is 6.20. The van der Waals surface area contributed by atoms with Crippen LogP contribution in [-0.2, 0) is 16.0 Å². The highest BCUT2D eigenvalue weighted by Gasteiger charge is 2.23. The Bertz CT molecular complexity index is 959. The van der Waals surface area contributed by atoms with E-state index in [0.717, 1.165) is 5.56 Å². The number of hydrogen-bond donors (Lipinski definition) is 1. The molecule has 142 valence electrons. The number of methoxy groups -OCH3 is 1. The predicted octanol–water partition coefficient (Wildman–Crippen LogP) is 3.97. The molecule has 6 heteroatoms. The highest BCUT2D eigenvalue weighted by atomic mass is 19.1. The van der Waals surface area contributed by atoms with Crippen molar-refractivity contribution >= 4 is 17.6 Å². The molecule has 0 spiro atoms. The van der Waals surface area contributed by atoms with Crippen LogP contribution in [0.25, 0.3) is 0 Å². The Morgan fingerprint density at radius 3 is 2.50 bits per heavy atom. The number of pyridine rings is 1. The molecule has 0 aliphatic carbocycles. The molecule has 0 aliphatic rings. The topological polar surface area (TPSA) is 68.3 Å². The molecule has 5 nitrogen and oxygen atoms in total. The zero-order valence-electron chi connectivity index (χ0n) is 15.3. The van der Waals surface area contributed by atoms with Crippen molar-refractivity contribution in [3.05, 3.63) is 95.6 Å². The lowest BCUT2D eigenvalue weighted by Gasteiger charge is -2.18. The van der Waals surface area contributed by atoms with Gasteiger partial charge in [0, 0.05) is 12.4 Å². The maximum Gasteiger partial charge on any atom is 0.339 e. The molecule has 0 saturated carbocycles. The van der Waals surface area contributed by atoms with E-state index in [1.165, 1.54) is 19.2 Å². The predicted molar refractivity (Wildman–Crippen MR) is 103 cm³/mol. The Hall–Kier alpha value is -3.54. The summed E-state index contributed by atoms with van der Waals surface area (Å²) < 4.78 is 18.1. The van der Waals surface area contributed by atoms with Crippen molar-refractivity contribution in [3.8, 4) is 0 Å². The molecule has 28 heavy (non-hydrogen) atoms. The first-order valence-corrected chi connectivity index (χ1v) is 8.71. The Morgan fingerprint density at radius 2 is 1.82 bits per heavy atom. The Kier molecular flexibility index (Phi) is 6.11. The number of carbonyl (C=O) groups excluding carboxylic acids is 2. The highest BCUT2D eigenvalue weighted by Crippen LogP contribution is 2.25. The summed E-state index contributed by atoms with van der Waals surface area (Å²) in [5.74, 6) is -1.82. The Morgan fingerprint density at radius 1 is 1.07 bits per heavy atom. The zero-order valence-corrected chi connectivity index (χ0v) is 15.3. The minimum absolute atomic E-state index is 0.262. The van der Waals surface area contributed by atoms with Gasteiger partial charge in [-0.25, -0.2) is 9.18 Å². The average Bonchev–Trinajstić information content (AvgIpc) is 2.73. The molecule has 3 rings (SSSR count). The van der Waals surface area contributed by atoms with Gasteiger partial charge in [0.25, 0.3) is 0 Å². The lowest BCUT2D eigenvalue weighted by Crippen LogP contribution is -2.24. The normalized spacial score (nSPS) is 11.5. The van der Waals surface area contributed by atoms with Crippen LogP contribution < -0.4 is 5.32 Å². The van der Waals surface area contributed by atoms with Gasteiger partial charge >= 0.3 is 5.97 Å². The van der Waals surface area contributed by atoms with Crippen molar-refractivity contribution in [3.63, 3.8) is 0 Å². The molecular weight excluding hydrogens is 359 g/mol. The second kappa shape index (κ2) is 8.90. The van der Waals surface area contributed by atoms with E-state index in [2.05, 4.69) is 10.3 Å². The van der Waals surface area contributed by atoms with Crippen LogP contribution in [0.3, 0.4) is 0 Å². The number of carbonyl (C=O) groups is 2. The van der Waals surface area contributed by atoms with E-state index in [9.17, 15) is 14.0 Å². The number of esters is 1. The van der Waals surface area contributed by atoms with Crippen LogP contribution in [0.15, 0.2) is 73.1 Å². The Balaban J connectivity index is 1.91. The summed E-state index contributed by atoms with van der Waals surface area (Å²) in [5, 5.41) is 2.81. The molecular formula is C22H19FN2O3. The lowest BCUT2D eigenvalue weighted by molar-refractivity contribution is -0.117. The molecule has 1 N–H and O–H groups in total. The molecule has 1 heterocycles. The SMILES string of the molecule is COC(=O)c1ccccc1NC(=O)C(Cc1cccnc1)c1ccc(F)cc1. The van der Waals surface area contributed by atoms with Crippen molar-refractivity contribution in [2.24, 2.45) is 0 Å². The van der Waals surface area contributed by atoms with Gasteiger partial charge in [0.15, 0.2) is 0 Å². The van der Waals surface area contributed by atoms with Gasteiger partial charge in [-0.2, -0.15) is 0 Å². The number of halogens is 1. The van der Waals surface area contributed by atoms with Crippen molar-refractivity contribution in [2.75, 3.05) is 12.4 Å². The summed E-state index contributed by atoms with van der Waals surface area (Å²) in [6.45, 7) is 0. The number of rotatable bonds is 6. The number of anilines is 1. The molecule has 0 aliphatic heterocycles. The maximum atomic E-state index is 13.3. The van der Waals surface area contributed by atoms with Crippen LogP contribution in [0.1, 0.15) is 27.4 Å². The average molecular weight is 378 g/mol. The van der Waals surface area contributed by atoms with Crippen LogP contribution >= 0.6 is 0 Å². The first kappa shape index (κ1) is 19.2. The number of ether oxygens (including phenoxy) is 1. The van der Waals surface area contributed by atoms with E-state index in [4.69, 9.17) is 4.74 Å². The summed E-state index contributed by atoms with van der Waals surface area (Å²) in [6.07, 6.45) is 3.72. The van der Waals surface area contributed by atoms with E-state index in [0.29, 0.717) is 17.7 Å². The van der Waals surface area contributed by atoms with E-state index in [-0.39, 0.29) is 17.3 Å². The highest BCUT2D eigenvalue weighted by molar-refractivity contribution is 6.03. The number of amides is 1. The fraction of sp³-hybridized carbons (Fsp3) is 0.136. The molecule has 1 atom stereocenters. The van der Waals surface area contributed by atoms with Crippen LogP contribution in [-0.4, -0.2) is 24.0 Å². The van der Waals surface area contributed by atoms with Crippen LogP contribution in [0.5, 0.6) is 0 Å². The van der Waals surface area contributed by atoms with Gasteiger partial charge in [-0.05, 0) is 47.9 Å². The summed E-state index contributed by atoms with van der Waals surface area (Å²) in [4.78, 5) is 29.1. The standard InChI is InChI=1S/C22H19FN2O3/c1-28-22(27)18-6-2-3-7-20(18)25-21(26)19(13-15-5-4-12-24-14-15)16-8-10-17(23)11-9-16/h2-12,14,19H,13H2,1H3,(H,25,26). The summed E-state index contributed by atoms with van der Waals surface area (Å²) >= 11 is 0. The largest absolute Gasteiger partial charge is 0.465 e. The number of nitrogens with zero attached hydrogens (tertiary/aromatic N) is 1. The lowest BCUT2D eigenvalue weighted by atomic mass is 9.91. The van der Waals surface area contributed by atoms with Gasteiger partial charge in [-0.15, -0.1) is 0 Å². The molecule has 3 aromatic rings. The summed E-state index contributed by atoms with van der Waals surface area (Å²) in [5.41, 5.74) is 2.15. The van der Waals surface area contributed by atoms with E-state index < -0.39 is 11.9 Å². The van der Waals surface area contributed by atoms with Gasteiger partial charge in [0.2, 0.25) is 5.91 Å². The van der Waals surface area contributed by atoms with Crippen molar-refractivity contribution in [1.82, 2.24) is 4.98 Å². The monoisotopic (exact) mass is 378 g/mol. The fourth-order valence-corrected chi connectivity index (χ4v) is 2.91. The molecule has 1 amide bonds. The first-order valence-electron chi connectivity index (χ1n) is 8.71. The van der Waals surface area contributed by atoms with Crippen molar-refractivity contribution in [2.45, 2.75) is 12.3 Å².